The molecule has 7 heteroatoms. The van der Waals surface area contributed by atoms with Crippen LogP contribution in [0.3, 0.4) is 0 Å². The molecular formula is C22H27N5O2. The summed E-state index contributed by atoms with van der Waals surface area (Å²) in [6, 6.07) is 7.62. The number of benzene rings is 1. The molecule has 0 saturated carbocycles. The Morgan fingerprint density at radius 3 is 2.72 bits per heavy atom. The number of aromatic amines is 1. The van der Waals surface area contributed by atoms with Crippen LogP contribution in [0.25, 0.3) is 33.2 Å². The normalized spacial score (nSPS) is 11.4. The van der Waals surface area contributed by atoms with E-state index in [2.05, 4.69) is 20.3 Å². The maximum absolute atomic E-state index is 12.6. The third-order valence-electron chi connectivity index (χ3n) is 4.68. The predicted molar refractivity (Wildman–Crippen MR) is 116 cm³/mol. The first kappa shape index (κ1) is 20.5. The summed E-state index contributed by atoms with van der Waals surface area (Å²) in [5.74, 6) is -0.215. The van der Waals surface area contributed by atoms with Crippen molar-refractivity contribution in [1.82, 2.24) is 24.8 Å². The van der Waals surface area contributed by atoms with Gasteiger partial charge in [0.1, 0.15) is 12.0 Å². The molecule has 0 aliphatic carbocycles. The van der Waals surface area contributed by atoms with Crippen LogP contribution in [0.2, 0.25) is 0 Å². The molecule has 4 rings (SSSR count). The number of hydrogen-bond acceptors (Lipinski definition) is 4. The number of hydrogen-bond donors (Lipinski definition) is 3. The Labute approximate surface area is 169 Å². The SMILES string of the molecule is CC.Cn1cc(-c2cc3cncnc3[nH]2)c2cc(C(=O)NC(C)(C)CO)ccc21. The van der Waals surface area contributed by atoms with Gasteiger partial charge >= 0.3 is 0 Å². The molecule has 0 spiro atoms. The molecule has 0 bridgehead atoms. The number of H-pyrrole nitrogens is 1. The lowest BCUT2D eigenvalue weighted by Crippen LogP contribution is -2.46. The predicted octanol–water partition coefficient (Wildman–Crippen LogP) is 3.64. The second kappa shape index (κ2) is 8.05. The topological polar surface area (TPSA) is 95.8 Å². The zero-order valence-corrected chi connectivity index (χ0v) is 17.4. The lowest BCUT2D eigenvalue weighted by atomic mass is 10.0. The van der Waals surface area contributed by atoms with E-state index in [0.717, 1.165) is 33.2 Å². The van der Waals surface area contributed by atoms with E-state index in [4.69, 9.17) is 0 Å². The van der Waals surface area contributed by atoms with Crippen LogP contribution in [-0.4, -0.2) is 42.7 Å². The molecule has 0 unspecified atom stereocenters. The van der Waals surface area contributed by atoms with E-state index in [1.165, 1.54) is 6.33 Å². The summed E-state index contributed by atoms with van der Waals surface area (Å²) in [6.45, 7) is 7.43. The Kier molecular flexibility index (Phi) is 5.70. The number of amides is 1. The second-order valence-corrected chi connectivity index (χ2v) is 7.39. The van der Waals surface area contributed by atoms with Crippen LogP contribution in [0.15, 0.2) is 43.0 Å². The first-order chi connectivity index (χ1) is 13.9. The Balaban J connectivity index is 0.00000117. The third-order valence-corrected chi connectivity index (χ3v) is 4.68. The molecule has 0 atom stereocenters. The van der Waals surface area contributed by atoms with Crippen LogP contribution in [-0.2, 0) is 7.05 Å². The lowest BCUT2D eigenvalue weighted by Gasteiger charge is -2.23. The van der Waals surface area contributed by atoms with Crippen LogP contribution in [0, 0.1) is 0 Å². The molecule has 7 nitrogen and oxygen atoms in total. The molecule has 3 N–H and O–H groups in total. The summed E-state index contributed by atoms with van der Waals surface area (Å²) in [6.07, 6.45) is 5.31. The first-order valence-corrected chi connectivity index (χ1v) is 9.69. The molecule has 0 aliphatic rings. The summed E-state index contributed by atoms with van der Waals surface area (Å²) >= 11 is 0. The lowest BCUT2D eigenvalue weighted by molar-refractivity contribution is 0.0869. The smallest absolute Gasteiger partial charge is 0.251 e. The van der Waals surface area contributed by atoms with Gasteiger partial charge in [-0.1, -0.05) is 13.8 Å². The Morgan fingerprint density at radius 2 is 2.03 bits per heavy atom. The number of aromatic nitrogens is 4. The van der Waals surface area contributed by atoms with Gasteiger partial charge in [0.25, 0.3) is 5.91 Å². The molecule has 4 aromatic rings. The van der Waals surface area contributed by atoms with Crippen LogP contribution in [0.4, 0.5) is 0 Å². The minimum Gasteiger partial charge on any atom is -0.394 e. The number of aliphatic hydroxyl groups is 1. The molecule has 1 amide bonds. The molecule has 0 radical (unpaired) electrons. The van der Waals surface area contributed by atoms with E-state index in [9.17, 15) is 9.90 Å². The van der Waals surface area contributed by atoms with Gasteiger partial charge in [-0.15, -0.1) is 0 Å². The third kappa shape index (κ3) is 4.00. The molecule has 29 heavy (non-hydrogen) atoms. The van der Waals surface area contributed by atoms with Crippen molar-refractivity contribution in [2.45, 2.75) is 33.2 Å². The maximum Gasteiger partial charge on any atom is 0.251 e. The zero-order chi connectivity index (χ0) is 21.2. The molecule has 0 aliphatic heterocycles. The van der Waals surface area contributed by atoms with Crippen molar-refractivity contribution in [2.24, 2.45) is 7.05 Å². The number of nitrogens with zero attached hydrogens (tertiary/aromatic N) is 3. The van der Waals surface area contributed by atoms with Crippen molar-refractivity contribution in [1.29, 1.82) is 0 Å². The summed E-state index contributed by atoms with van der Waals surface area (Å²) in [5, 5.41) is 14.1. The van der Waals surface area contributed by atoms with E-state index in [0.29, 0.717) is 5.56 Å². The molecule has 0 saturated heterocycles. The zero-order valence-electron chi connectivity index (χ0n) is 17.4. The number of rotatable bonds is 4. The second-order valence-electron chi connectivity index (χ2n) is 7.39. The van der Waals surface area contributed by atoms with Crippen molar-refractivity contribution in [2.75, 3.05) is 6.61 Å². The molecule has 3 heterocycles. The fourth-order valence-electron chi connectivity index (χ4n) is 3.18. The number of fused-ring (bicyclic) bond motifs is 2. The average molecular weight is 393 g/mol. The summed E-state index contributed by atoms with van der Waals surface area (Å²) in [4.78, 5) is 24.2. The van der Waals surface area contributed by atoms with Gasteiger partial charge < -0.3 is 20.0 Å². The molecule has 1 aromatic carbocycles. The monoisotopic (exact) mass is 393 g/mol. The Hall–Kier alpha value is -3.19. The minimum atomic E-state index is -0.679. The fourth-order valence-corrected chi connectivity index (χ4v) is 3.18. The van der Waals surface area contributed by atoms with Gasteiger partial charge in [0, 0.05) is 52.6 Å². The van der Waals surface area contributed by atoms with Crippen molar-refractivity contribution in [3.8, 4) is 11.3 Å². The maximum atomic E-state index is 12.6. The Bertz CT molecular complexity index is 1120. The Morgan fingerprint density at radius 1 is 1.28 bits per heavy atom. The number of aliphatic hydroxyl groups excluding tert-OH is 1. The molecule has 0 fully saturated rings. The first-order valence-electron chi connectivity index (χ1n) is 9.69. The largest absolute Gasteiger partial charge is 0.394 e. The highest BCUT2D eigenvalue weighted by Crippen LogP contribution is 2.32. The van der Waals surface area contributed by atoms with E-state index < -0.39 is 5.54 Å². The molecular weight excluding hydrogens is 366 g/mol. The molecule has 152 valence electrons. The highest BCUT2D eigenvalue weighted by Gasteiger charge is 2.21. The number of carbonyl (C=O) groups is 1. The number of nitrogens with one attached hydrogen (secondary N) is 2. The minimum absolute atomic E-state index is 0.131. The van der Waals surface area contributed by atoms with Gasteiger partial charge in [-0.25, -0.2) is 9.97 Å². The van der Waals surface area contributed by atoms with Gasteiger partial charge in [-0.05, 0) is 38.1 Å². The van der Waals surface area contributed by atoms with E-state index in [-0.39, 0.29) is 12.5 Å². The highest BCUT2D eigenvalue weighted by molar-refractivity contribution is 6.03. The van der Waals surface area contributed by atoms with E-state index in [1.807, 2.05) is 49.9 Å². The van der Waals surface area contributed by atoms with E-state index in [1.54, 1.807) is 26.1 Å². The van der Waals surface area contributed by atoms with Gasteiger partial charge in [0.15, 0.2) is 0 Å². The van der Waals surface area contributed by atoms with Crippen molar-refractivity contribution < 1.29 is 9.90 Å². The summed E-state index contributed by atoms with van der Waals surface area (Å²) in [7, 11) is 1.98. The van der Waals surface area contributed by atoms with Crippen molar-refractivity contribution >= 4 is 27.8 Å². The van der Waals surface area contributed by atoms with Gasteiger partial charge in [-0.3, -0.25) is 4.79 Å². The average Bonchev–Trinajstić information content (AvgIpc) is 3.30. The molecule has 3 aromatic heterocycles. The quantitative estimate of drug-likeness (QED) is 0.493. The van der Waals surface area contributed by atoms with Gasteiger partial charge in [0.2, 0.25) is 0 Å². The van der Waals surface area contributed by atoms with Crippen molar-refractivity contribution in [3.05, 3.63) is 48.5 Å². The van der Waals surface area contributed by atoms with Gasteiger partial charge in [-0.2, -0.15) is 0 Å². The van der Waals surface area contributed by atoms with Crippen LogP contribution in [0.5, 0.6) is 0 Å². The highest BCUT2D eigenvalue weighted by atomic mass is 16.3. The van der Waals surface area contributed by atoms with Crippen LogP contribution >= 0.6 is 0 Å². The van der Waals surface area contributed by atoms with E-state index >= 15 is 0 Å². The van der Waals surface area contributed by atoms with Crippen LogP contribution in [0.1, 0.15) is 38.1 Å². The standard InChI is InChI=1S/C20H21N5O2.C2H6/c1-20(2,10-26)24-19(27)12-4-5-17-14(6-12)15(9-25(17)3)16-7-13-8-21-11-22-18(13)23-16;1-2/h4-9,11,26H,10H2,1-3H3,(H,24,27)(H,21,22,23);1-2H3. The summed E-state index contributed by atoms with van der Waals surface area (Å²) in [5.41, 5.74) is 3.57. The number of carbonyl (C=O) groups excluding carboxylic acids is 1. The summed E-state index contributed by atoms with van der Waals surface area (Å²) < 4.78 is 2.03. The fraction of sp³-hybridized carbons (Fsp3) is 0.318. The van der Waals surface area contributed by atoms with Crippen LogP contribution < -0.4 is 5.32 Å². The van der Waals surface area contributed by atoms with Gasteiger partial charge in [0.05, 0.1) is 12.1 Å². The number of aryl methyl sites for hydroxylation is 1. The van der Waals surface area contributed by atoms with Crippen molar-refractivity contribution in [3.63, 3.8) is 0 Å².